The Hall–Kier alpha value is -1.00. The minimum absolute atomic E-state index is 0.349. The van der Waals surface area contributed by atoms with E-state index >= 15 is 0 Å². The Kier molecular flexibility index (Phi) is 2.29. The Morgan fingerprint density at radius 3 is 3.08 bits per heavy atom. The Bertz CT molecular complexity index is 230. The van der Waals surface area contributed by atoms with E-state index in [0.29, 0.717) is 6.04 Å². The van der Waals surface area contributed by atoms with E-state index in [-0.39, 0.29) is 0 Å². The number of nitrogens with zero attached hydrogens (tertiary/aromatic N) is 2. The van der Waals surface area contributed by atoms with Crippen LogP contribution in [0.4, 0.5) is 0 Å². The molecule has 1 saturated heterocycles. The molecule has 1 aliphatic heterocycles. The average Bonchev–Trinajstić information content (AvgIpc) is 2.21. The third-order valence-corrected chi connectivity index (χ3v) is 2.00. The van der Waals surface area contributed by atoms with Gasteiger partial charge in [-0.15, -0.1) is 0 Å². The van der Waals surface area contributed by atoms with Crippen LogP contribution < -0.4 is 10.6 Å². The largest absolute Gasteiger partial charge is 0.314 e. The lowest BCUT2D eigenvalue weighted by Gasteiger charge is -2.23. The van der Waals surface area contributed by atoms with E-state index in [9.17, 15) is 0 Å². The Morgan fingerprint density at radius 2 is 2.42 bits per heavy atom. The van der Waals surface area contributed by atoms with Gasteiger partial charge in [0.1, 0.15) is 6.33 Å². The molecule has 64 valence electrons. The molecule has 1 aliphatic rings. The molecule has 1 unspecified atom stereocenters. The predicted molar refractivity (Wildman–Crippen MR) is 45.6 cm³/mol. The zero-order valence-corrected chi connectivity index (χ0v) is 6.83. The first-order chi connectivity index (χ1) is 5.97. The molecular weight excluding hydrogens is 152 g/mol. The maximum Gasteiger partial charge on any atom is 0.115 e. The second-order valence-corrected chi connectivity index (χ2v) is 2.85. The van der Waals surface area contributed by atoms with E-state index in [1.165, 1.54) is 0 Å². The molecule has 0 radical (unpaired) electrons. The van der Waals surface area contributed by atoms with Gasteiger partial charge in [0.2, 0.25) is 0 Å². The summed E-state index contributed by atoms with van der Waals surface area (Å²) in [6.07, 6.45) is 3.37. The molecule has 4 nitrogen and oxygen atoms in total. The lowest BCUT2D eigenvalue weighted by Crippen LogP contribution is -2.42. The molecule has 2 heterocycles. The lowest BCUT2D eigenvalue weighted by molar-refractivity contribution is 0.422. The van der Waals surface area contributed by atoms with Gasteiger partial charge in [-0.05, 0) is 6.07 Å². The molecule has 1 atom stereocenters. The maximum atomic E-state index is 4.19. The third kappa shape index (κ3) is 1.60. The lowest BCUT2D eigenvalue weighted by atomic mass is 10.1. The van der Waals surface area contributed by atoms with Crippen molar-refractivity contribution in [3.63, 3.8) is 0 Å². The summed E-state index contributed by atoms with van der Waals surface area (Å²) in [5, 5.41) is 6.69. The Labute approximate surface area is 71.4 Å². The third-order valence-electron chi connectivity index (χ3n) is 2.00. The quantitative estimate of drug-likeness (QED) is 0.599. The molecule has 2 N–H and O–H groups in total. The Morgan fingerprint density at radius 1 is 1.42 bits per heavy atom. The van der Waals surface area contributed by atoms with Crippen LogP contribution >= 0.6 is 0 Å². The van der Waals surface area contributed by atoms with Gasteiger partial charge in [0.05, 0.1) is 11.7 Å². The zero-order valence-electron chi connectivity index (χ0n) is 6.83. The SMILES string of the molecule is c1cc(C2CNCCN2)ncn1. The fourth-order valence-corrected chi connectivity index (χ4v) is 1.37. The molecule has 1 aromatic rings. The smallest absolute Gasteiger partial charge is 0.115 e. The van der Waals surface area contributed by atoms with E-state index in [0.717, 1.165) is 25.3 Å². The number of hydrogen-bond acceptors (Lipinski definition) is 4. The monoisotopic (exact) mass is 164 g/mol. The summed E-state index contributed by atoms with van der Waals surface area (Å²) in [5.41, 5.74) is 1.07. The highest BCUT2D eigenvalue weighted by Gasteiger charge is 2.14. The average molecular weight is 164 g/mol. The number of piperazine rings is 1. The van der Waals surface area contributed by atoms with Crippen LogP contribution in [0.1, 0.15) is 11.7 Å². The molecular formula is C8H12N4. The van der Waals surface area contributed by atoms with Crippen LogP contribution in [-0.4, -0.2) is 29.6 Å². The van der Waals surface area contributed by atoms with Crippen molar-refractivity contribution in [1.82, 2.24) is 20.6 Å². The second-order valence-electron chi connectivity index (χ2n) is 2.85. The summed E-state index contributed by atoms with van der Waals surface area (Å²) >= 11 is 0. The Balaban J connectivity index is 2.08. The van der Waals surface area contributed by atoms with Gasteiger partial charge in [0.15, 0.2) is 0 Å². The fraction of sp³-hybridized carbons (Fsp3) is 0.500. The molecule has 0 bridgehead atoms. The van der Waals surface area contributed by atoms with Crippen LogP contribution in [0.15, 0.2) is 18.6 Å². The van der Waals surface area contributed by atoms with Crippen molar-refractivity contribution in [2.24, 2.45) is 0 Å². The topological polar surface area (TPSA) is 49.8 Å². The van der Waals surface area contributed by atoms with Crippen LogP contribution in [0, 0.1) is 0 Å². The minimum Gasteiger partial charge on any atom is -0.314 e. The predicted octanol–water partition coefficient (Wildman–Crippen LogP) is -0.290. The summed E-state index contributed by atoms with van der Waals surface area (Å²) < 4.78 is 0. The molecule has 0 amide bonds. The van der Waals surface area contributed by atoms with Gasteiger partial charge < -0.3 is 10.6 Å². The van der Waals surface area contributed by atoms with Gasteiger partial charge in [-0.25, -0.2) is 9.97 Å². The van der Waals surface area contributed by atoms with Crippen molar-refractivity contribution < 1.29 is 0 Å². The summed E-state index contributed by atoms with van der Waals surface area (Å²) in [5.74, 6) is 0. The molecule has 4 heteroatoms. The van der Waals surface area contributed by atoms with Crippen LogP contribution in [-0.2, 0) is 0 Å². The van der Waals surface area contributed by atoms with Crippen molar-refractivity contribution in [3.05, 3.63) is 24.3 Å². The van der Waals surface area contributed by atoms with Crippen molar-refractivity contribution in [2.75, 3.05) is 19.6 Å². The fourth-order valence-electron chi connectivity index (χ4n) is 1.37. The minimum atomic E-state index is 0.349. The first kappa shape index (κ1) is 7.64. The summed E-state index contributed by atoms with van der Waals surface area (Å²) in [4.78, 5) is 8.07. The van der Waals surface area contributed by atoms with Gasteiger partial charge in [-0.3, -0.25) is 0 Å². The van der Waals surface area contributed by atoms with Crippen LogP contribution in [0.5, 0.6) is 0 Å². The van der Waals surface area contributed by atoms with Gasteiger partial charge in [0.25, 0.3) is 0 Å². The second kappa shape index (κ2) is 3.60. The summed E-state index contributed by atoms with van der Waals surface area (Å²) in [6, 6.07) is 2.30. The van der Waals surface area contributed by atoms with Crippen molar-refractivity contribution >= 4 is 0 Å². The molecule has 0 saturated carbocycles. The molecule has 0 spiro atoms. The standard InChI is InChI=1S/C8H12N4/c1-2-10-6-12-7(1)8-5-9-3-4-11-8/h1-2,6,8-9,11H,3-5H2. The van der Waals surface area contributed by atoms with E-state index in [1.54, 1.807) is 12.5 Å². The van der Waals surface area contributed by atoms with E-state index in [4.69, 9.17) is 0 Å². The number of nitrogens with one attached hydrogen (secondary N) is 2. The van der Waals surface area contributed by atoms with Crippen LogP contribution in [0.2, 0.25) is 0 Å². The normalized spacial score (nSPS) is 23.8. The van der Waals surface area contributed by atoms with E-state index in [2.05, 4.69) is 20.6 Å². The maximum absolute atomic E-state index is 4.19. The summed E-state index contributed by atoms with van der Waals surface area (Å²) in [6.45, 7) is 3.01. The van der Waals surface area contributed by atoms with Crippen molar-refractivity contribution in [3.8, 4) is 0 Å². The first-order valence-electron chi connectivity index (χ1n) is 4.17. The van der Waals surface area contributed by atoms with Crippen LogP contribution in [0.3, 0.4) is 0 Å². The van der Waals surface area contributed by atoms with Gasteiger partial charge in [-0.2, -0.15) is 0 Å². The number of rotatable bonds is 1. The molecule has 12 heavy (non-hydrogen) atoms. The highest BCUT2D eigenvalue weighted by atomic mass is 15.1. The van der Waals surface area contributed by atoms with E-state index < -0.39 is 0 Å². The highest BCUT2D eigenvalue weighted by molar-refractivity contribution is 5.06. The highest BCUT2D eigenvalue weighted by Crippen LogP contribution is 2.08. The van der Waals surface area contributed by atoms with Crippen LogP contribution in [0.25, 0.3) is 0 Å². The van der Waals surface area contributed by atoms with E-state index in [1.807, 2.05) is 6.07 Å². The number of aromatic nitrogens is 2. The van der Waals surface area contributed by atoms with Gasteiger partial charge in [0, 0.05) is 25.8 Å². The molecule has 1 aromatic heterocycles. The molecule has 0 aromatic carbocycles. The molecule has 1 fully saturated rings. The van der Waals surface area contributed by atoms with Crippen molar-refractivity contribution in [1.29, 1.82) is 0 Å². The summed E-state index contributed by atoms with van der Waals surface area (Å²) in [7, 11) is 0. The first-order valence-corrected chi connectivity index (χ1v) is 4.17. The molecule has 0 aliphatic carbocycles. The van der Waals surface area contributed by atoms with Gasteiger partial charge in [-0.1, -0.05) is 0 Å². The number of hydrogen-bond donors (Lipinski definition) is 2. The zero-order chi connectivity index (χ0) is 8.23. The molecule has 2 rings (SSSR count). The van der Waals surface area contributed by atoms with Crippen molar-refractivity contribution in [2.45, 2.75) is 6.04 Å². The van der Waals surface area contributed by atoms with Gasteiger partial charge >= 0.3 is 0 Å².